The summed E-state index contributed by atoms with van der Waals surface area (Å²) in [6.45, 7) is 2.84. The van der Waals surface area contributed by atoms with Gasteiger partial charge >= 0.3 is 6.18 Å². The van der Waals surface area contributed by atoms with Crippen molar-refractivity contribution in [2.45, 2.75) is 32.0 Å². The zero-order valence-electron chi connectivity index (χ0n) is 13.3. The number of alkyl halides is 3. The molecule has 1 aliphatic heterocycles. The summed E-state index contributed by atoms with van der Waals surface area (Å²) in [6.07, 6.45) is -3.36. The van der Waals surface area contributed by atoms with Crippen LogP contribution in [-0.2, 0) is 15.8 Å². The van der Waals surface area contributed by atoms with Crippen LogP contribution in [0.3, 0.4) is 0 Å². The van der Waals surface area contributed by atoms with Gasteiger partial charge < -0.3 is 16.0 Å². The largest absolute Gasteiger partial charge is 0.418 e. The first-order valence-electron chi connectivity index (χ1n) is 7.81. The van der Waals surface area contributed by atoms with Gasteiger partial charge in [-0.05, 0) is 19.1 Å². The molecule has 2 amide bonds. The van der Waals surface area contributed by atoms with Crippen molar-refractivity contribution < 1.29 is 27.7 Å². The number of rotatable bonds is 4. The van der Waals surface area contributed by atoms with Crippen LogP contribution in [0.1, 0.15) is 25.3 Å². The van der Waals surface area contributed by atoms with Crippen LogP contribution in [0.15, 0.2) is 24.3 Å². The molecule has 132 valence electrons. The van der Waals surface area contributed by atoms with Crippen LogP contribution < -0.4 is 16.0 Å². The van der Waals surface area contributed by atoms with Gasteiger partial charge in [0.25, 0.3) is 5.91 Å². The zero-order chi connectivity index (χ0) is 17.9. The van der Waals surface area contributed by atoms with Crippen molar-refractivity contribution in [3.8, 4) is 0 Å². The van der Waals surface area contributed by atoms with Crippen LogP contribution in [0.25, 0.3) is 0 Å². The SMILES string of the molecule is C[C@@H](C(=O)Nc1ccccc1C(F)(F)F)[NH+]1CCC(C(N)=O)CC1. The van der Waals surface area contributed by atoms with E-state index in [1.807, 2.05) is 0 Å². The summed E-state index contributed by atoms with van der Waals surface area (Å²) in [7, 11) is 0. The minimum absolute atomic E-state index is 0.185. The molecule has 0 unspecified atom stereocenters. The summed E-state index contributed by atoms with van der Waals surface area (Å²) in [6, 6.07) is 4.39. The van der Waals surface area contributed by atoms with Crippen LogP contribution in [0.2, 0.25) is 0 Å². The second-order valence-electron chi connectivity index (χ2n) is 6.09. The fraction of sp³-hybridized carbons (Fsp3) is 0.500. The van der Waals surface area contributed by atoms with Gasteiger partial charge in [-0.15, -0.1) is 0 Å². The Morgan fingerprint density at radius 1 is 1.25 bits per heavy atom. The highest BCUT2D eigenvalue weighted by molar-refractivity contribution is 5.94. The summed E-state index contributed by atoms with van der Waals surface area (Å²) < 4.78 is 38.9. The van der Waals surface area contributed by atoms with Crippen LogP contribution in [0.5, 0.6) is 0 Å². The van der Waals surface area contributed by atoms with Crippen molar-refractivity contribution in [1.29, 1.82) is 0 Å². The Balaban J connectivity index is 2.02. The first-order chi connectivity index (χ1) is 11.2. The summed E-state index contributed by atoms with van der Waals surface area (Å²) in [5, 5.41) is 2.38. The van der Waals surface area contributed by atoms with E-state index in [1.165, 1.54) is 18.2 Å². The van der Waals surface area contributed by atoms with Crippen molar-refractivity contribution >= 4 is 17.5 Å². The third-order valence-corrected chi connectivity index (χ3v) is 4.53. The topological polar surface area (TPSA) is 76.6 Å². The van der Waals surface area contributed by atoms with Gasteiger partial charge in [-0.1, -0.05) is 12.1 Å². The molecule has 5 nitrogen and oxygen atoms in total. The van der Waals surface area contributed by atoms with Crippen LogP contribution in [-0.4, -0.2) is 30.9 Å². The second-order valence-corrected chi connectivity index (χ2v) is 6.09. The van der Waals surface area contributed by atoms with Gasteiger partial charge in [0, 0.05) is 18.8 Å². The molecule has 1 saturated heterocycles. The molecule has 1 aliphatic rings. The van der Waals surface area contributed by atoms with Crippen LogP contribution >= 0.6 is 0 Å². The maximum absolute atomic E-state index is 13.0. The van der Waals surface area contributed by atoms with Crippen molar-refractivity contribution in [3.63, 3.8) is 0 Å². The molecule has 0 bridgehead atoms. The first-order valence-corrected chi connectivity index (χ1v) is 7.81. The Kier molecular flexibility index (Phi) is 5.48. The smallest absolute Gasteiger partial charge is 0.369 e. The van der Waals surface area contributed by atoms with Crippen molar-refractivity contribution in [2.24, 2.45) is 11.7 Å². The van der Waals surface area contributed by atoms with Crippen molar-refractivity contribution in [1.82, 2.24) is 0 Å². The summed E-state index contributed by atoms with van der Waals surface area (Å²) in [5.74, 6) is -1.00. The Hall–Kier alpha value is -2.09. The lowest BCUT2D eigenvalue weighted by Gasteiger charge is -2.31. The Morgan fingerprint density at radius 3 is 2.38 bits per heavy atom. The Morgan fingerprint density at radius 2 is 1.83 bits per heavy atom. The molecule has 0 saturated carbocycles. The van der Waals surface area contributed by atoms with Gasteiger partial charge in [-0.2, -0.15) is 13.2 Å². The lowest BCUT2D eigenvalue weighted by atomic mass is 9.95. The highest BCUT2D eigenvalue weighted by Gasteiger charge is 2.35. The fourth-order valence-electron chi connectivity index (χ4n) is 2.97. The first kappa shape index (κ1) is 18.3. The number of piperidine rings is 1. The average molecular weight is 344 g/mol. The molecule has 8 heteroatoms. The van der Waals surface area contributed by atoms with E-state index >= 15 is 0 Å². The number of primary amides is 1. The van der Waals surface area contributed by atoms with Crippen molar-refractivity contribution in [3.05, 3.63) is 29.8 Å². The highest BCUT2D eigenvalue weighted by Crippen LogP contribution is 2.34. The molecule has 24 heavy (non-hydrogen) atoms. The quantitative estimate of drug-likeness (QED) is 0.756. The molecule has 0 aliphatic carbocycles. The number of halogens is 3. The highest BCUT2D eigenvalue weighted by atomic mass is 19.4. The van der Waals surface area contributed by atoms with E-state index in [2.05, 4.69) is 5.32 Å². The van der Waals surface area contributed by atoms with Gasteiger partial charge in [-0.3, -0.25) is 9.59 Å². The van der Waals surface area contributed by atoms with Crippen LogP contribution in [0.4, 0.5) is 18.9 Å². The lowest BCUT2D eigenvalue weighted by molar-refractivity contribution is -0.919. The number of carbonyl (C=O) groups excluding carboxylic acids is 2. The molecule has 0 spiro atoms. The van der Waals surface area contributed by atoms with Gasteiger partial charge in [-0.25, -0.2) is 0 Å². The number of hydrogen-bond acceptors (Lipinski definition) is 2. The number of nitrogens with two attached hydrogens (primary N) is 1. The number of nitrogens with one attached hydrogen (secondary N) is 2. The number of carbonyl (C=O) groups is 2. The van der Waals surface area contributed by atoms with Gasteiger partial charge in [0.05, 0.1) is 24.3 Å². The third kappa shape index (κ3) is 4.25. The number of amides is 2. The number of likely N-dealkylation sites (tertiary alicyclic amines) is 1. The molecule has 1 fully saturated rings. The molecular weight excluding hydrogens is 323 g/mol. The second kappa shape index (κ2) is 7.21. The molecule has 1 atom stereocenters. The van der Waals surface area contributed by atoms with E-state index in [-0.39, 0.29) is 17.5 Å². The molecule has 4 N–H and O–H groups in total. The number of anilines is 1. The predicted octanol–water partition coefficient (Wildman–Crippen LogP) is 0.813. The molecule has 0 radical (unpaired) electrons. The minimum Gasteiger partial charge on any atom is -0.369 e. The van der Waals surface area contributed by atoms with Gasteiger partial charge in [0.1, 0.15) is 0 Å². The number of hydrogen-bond donors (Lipinski definition) is 3. The van der Waals surface area contributed by atoms with Gasteiger partial charge in [0.2, 0.25) is 5.91 Å². The predicted molar refractivity (Wildman–Crippen MR) is 82.2 cm³/mol. The molecule has 1 aromatic carbocycles. The van der Waals surface area contributed by atoms with Crippen molar-refractivity contribution in [2.75, 3.05) is 18.4 Å². The zero-order valence-corrected chi connectivity index (χ0v) is 13.3. The number of para-hydroxylation sites is 1. The van der Waals surface area contributed by atoms with E-state index < -0.39 is 23.7 Å². The normalized spacial score (nSPS) is 22.7. The average Bonchev–Trinajstić information content (AvgIpc) is 2.53. The van der Waals surface area contributed by atoms with E-state index in [9.17, 15) is 22.8 Å². The Bertz CT molecular complexity index is 611. The van der Waals surface area contributed by atoms with E-state index in [0.717, 1.165) is 11.0 Å². The summed E-state index contributed by atoms with van der Waals surface area (Å²) in [5.41, 5.74) is 4.16. The third-order valence-electron chi connectivity index (χ3n) is 4.53. The molecular formula is C16H21F3N3O2+. The summed E-state index contributed by atoms with van der Waals surface area (Å²) in [4.78, 5) is 24.4. The van der Waals surface area contributed by atoms with E-state index in [4.69, 9.17) is 5.73 Å². The Labute approximate surface area is 138 Å². The number of quaternary nitrogens is 1. The summed E-state index contributed by atoms with van der Waals surface area (Å²) >= 11 is 0. The maximum atomic E-state index is 13.0. The number of benzene rings is 1. The molecule has 0 aromatic heterocycles. The lowest BCUT2D eigenvalue weighted by Crippen LogP contribution is -3.17. The van der Waals surface area contributed by atoms with E-state index in [1.54, 1.807) is 6.92 Å². The molecule has 1 heterocycles. The standard InChI is InChI=1S/C16H20F3N3O2/c1-10(22-8-6-11(7-9-22)14(20)23)15(24)21-13-5-3-2-4-12(13)16(17,18)19/h2-5,10-11H,6-9H2,1H3,(H2,20,23)(H,21,24)/p+1/t10-/m0/s1. The minimum atomic E-state index is -4.53. The monoisotopic (exact) mass is 344 g/mol. The molecule has 1 aromatic rings. The van der Waals surface area contributed by atoms with Crippen LogP contribution in [0, 0.1) is 5.92 Å². The molecule has 2 rings (SSSR count). The van der Waals surface area contributed by atoms with Gasteiger partial charge in [0.15, 0.2) is 6.04 Å². The fourth-order valence-corrected chi connectivity index (χ4v) is 2.97. The maximum Gasteiger partial charge on any atom is 0.418 e. The van der Waals surface area contributed by atoms with E-state index in [0.29, 0.717) is 25.9 Å².